The molecule has 1 heterocycles. The van der Waals surface area contributed by atoms with E-state index >= 15 is 0 Å². The van der Waals surface area contributed by atoms with Crippen molar-refractivity contribution in [2.24, 2.45) is 0 Å². The van der Waals surface area contributed by atoms with E-state index in [1.807, 2.05) is 18.2 Å². The van der Waals surface area contributed by atoms with Crippen LogP contribution in [-0.2, 0) is 16.6 Å². The Balaban J connectivity index is 1.79. The topological polar surface area (TPSA) is 57.7 Å². The molecule has 0 aliphatic carbocycles. The Morgan fingerprint density at radius 1 is 1.04 bits per heavy atom. The lowest BCUT2D eigenvalue weighted by molar-refractivity contribution is 0.0785. The van der Waals surface area contributed by atoms with Crippen molar-refractivity contribution in [3.8, 4) is 0 Å². The fourth-order valence-corrected chi connectivity index (χ4v) is 5.20. The van der Waals surface area contributed by atoms with Crippen LogP contribution in [0.4, 0.5) is 0 Å². The second-order valence-electron chi connectivity index (χ2n) is 7.14. The van der Waals surface area contributed by atoms with Crippen LogP contribution in [0.3, 0.4) is 0 Å². The Bertz CT molecular complexity index is 938. The second-order valence-corrected chi connectivity index (χ2v) is 9.51. The molecule has 1 aliphatic rings. The summed E-state index contributed by atoms with van der Waals surface area (Å²) in [6, 6.07) is 13.7. The van der Waals surface area contributed by atoms with Crippen LogP contribution in [0.5, 0.6) is 0 Å². The van der Waals surface area contributed by atoms with Crippen molar-refractivity contribution in [3.05, 3.63) is 64.7 Å². The molecule has 2 aromatic rings. The normalized spacial score (nSPS) is 15.8. The maximum Gasteiger partial charge on any atom is 0.253 e. The third-order valence-electron chi connectivity index (χ3n) is 4.94. The Morgan fingerprint density at radius 2 is 1.71 bits per heavy atom. The summed E-state index contributed by atoms with van der Waals surface area (Å²) >= 11 is 6.01. The number of amides is 1. The highest BCUT2D eigenvalue weighted by molar-refractivity contribution is 7.89. The van der Waals surface area contributed by atoms with Gasteiger partial charge in [0.1, 0.15) is 0 Å². The molecule has 0 saturated carbocycles. The lowest BCUT2D eigenvalue weighted by atomic mass is 10.1. The molecule has 1 amide bonds. The van der Waals surface area contributed by atoms with Gasteiger partial charge in [0, 0.05) is 37.3 Å². The summed E-state index contributed by atoms with van der Waals surface area (Å²) in [6.07, 6.45) is 3.86. The van der Waals surface area contributed by atoms with Crippen molar-refractivity contribution in [3.63, 3.8) is 0 Å². The molecule has 2 aromatic carbocycles. The number of carbonyl (C=O) groups excluding carboxylic acids is 1. The number of benzene rings is 2. The Labute approximate surface area is 172 Å². The van der Waals surface area contributed by atoms with Gasteiger partial charge in [0.05, 0.1) is 4.90 Å². The van der Waals surface area contributed by atoms with Gasteiger partial charge < -0.3 is 4.90 Å². The summed E-state index contributed by atoms with van der Waals surface area (Å²) in [7, 11) is -1.89. The van der Waals surface area contributed by atoms with Crippen LogP contribution in [-0.4, -0.2) is 43.7 Å². The van der Waals surface area contributed by atoms with Gasteiger partial charge in [0.2, 0.25) is 10.0 Å². The second kappa shape index (κ2) is 9.07. The van der Waals surface area contributed by atoms with Crippen molar-refractivity contribution in [1.82, 2.24) is 9.21 Å². The molecule has 0 aromatic heterocycles. The van der Waals surface area contributed by atoms with E-state index in [4.69, 9.17) is 11.6 Å². The molecule has 1 saturated heterocycles. The predicted octanol–water partition coefficient (Wildman–Crippen LogP) is 4.18. The van der Waals surface area contributed by atoms with E-state index in [1.54, 1.807) is 40.5 Å². The summed E-state index contributed by atoms with van der Waals surface area (Å²) < 4.78 is 27.5. The number of hydrogen-bond donors (Lipinski definition) is 0. The first-order chi connectivity index (χ1) is 13.4. The number of nitrogens with zero attached hydrogens (tertiary/aromatic N) is 2. The number of hydrogen-bond acceptors (Lipinski definition) is 3. The van der Waals surface area contributed by atoms with E-state index in [1.165, 1.54) is 6.07 Å². The largest absolute Gasteiger partial charge is 0.337 e. The van der Waals surface area contributed by atoms with Crippen LogP contribution in [0, 0.1) is 0 Å². The molecule has 1 fully saturated rings. The fourth-order valence-electron chi connectivity index (χ4n) is 3.42. The molecule has 1 aliphatic heterocycles. The zero-order chi connectivity index (χ0) is 20.1. The van der Waals surface area contributed by atoms with Gasteiger partial charge in [-0.1, -0.05) is 42.6 Å². The predicted molar refractivity (Wildman–Crippen MR) is 111 cm³/mol. The Hall–Kier alpha value is -1.89. The van der Waals surface area contributed by atoms with Gasteiger partial charge in [-0.3, -0.25) is 4.79 Å². The summed E-state index contributed by atoms with van der Waals surface area (Å²) in [5.74, 6) is -0.229. The van der Waals surface area contributed by atoms with Crippen molar-refractivity contribution in [1.29, 1.82) is 0 Å². The van der Waals surface area contributed by atoms with Crippen LogP contribution < -0.4 is 0 Å². The van der Waals surface area contributed by atoms with Crippen molar-refractivity contribution < 1.29 is 13.2 Å². The van der Waals surface area contributed by atoms with Crippen molar-refractivity contribution >= 4 is 27.5 Å². The third-order valence-corrected chi connectivity index (χ3v) is 7.07. The summed E-state index contributed by atoms with van der Waals surface area (Å²) in [5, 5.41) is 0.615. The lowest BCUT2D eigenvalue weighted by Gasteiger charge is -2.21. The van der Waals surface area contributed by atoms with E-state index in [-0.39, 0.29) is 10.8 Å². The minimum Gasteiger partial charge on any atom is -0.337 e. The molecule has 28 heavy (non-hydrogen) atoms. The molecule has 3 rings (SSSR count). The first-order valence-electron chi connectivity index (χ1n) is 9.48. The average Bonchev–Trinajstić information content (AvgIpc) is 2.97. The molecule has 7 heteroatoms. The van der Waals surface area contributed by atoms with Crippen LogP contribution in [0.1, 0.15) is 41.6 Å². The molecule has 0 radical (unpaired) electrons. The average molecular weight is 421 g/mol. The molecule has 0 bridgehead atoms. The quantitative estimate of drug-likeness (QED) is 0.729. The summed E-state index contributed by atoms with van der Waals surface area (Å²) in [4.78, 5) is 14.6. The number of rotatable bonds is 5. The molecule has 5 nitrogen and oxygen atoms in total. The summed E-state index contributed by atoms with van der Waals surface area (Å²) in [5.41, 5.74) is 1.28. The summed E-state index contributed by atoms with van der Waals surface area (Å²) in [6.45, 7) is 1.47. The van der Waals surface area contributed by atoms with Crippen LogP contribution >= 0.6 is 11.6 Å². The molecule has 0 unspecified atom stereocenters. The van der Waals surface area contributed by atoms with Gasteiger partial charge in [-0.15, -0.1) is 0 Å². The Kier molecular flexibility index (Phi) is 6.75. The fraction of sp³-hybridized carbons (Fsp3) is 0.381. The minimum atomic E-state index is -3.59. The van der Waals surface area contributed by atoms with E-state index in [0.29, 0.717) is 30.2 Å². The smallest absolute Gasteiger partial charge is 0.253 e. The first-order valence-corrected chi connectivity index (χ1v) is 11.3. The first kappa shape index (κ1) is 20.8. The zero-order valence-corrected chi connectivity index (χ0v) is 17.5. The molecular formula is C21H25ClN2O3S. The molecule has 0 atom stereocenters. The number of halogens is 1. The van der Waals surface area contributed by atoms with Gasteiger partial charge in [-0.2, -0.15) is 4.31 Å². The minimum absolute atomic E-state index is 0.177. The molecule has 0 N–H and O–H groups in total. The van der Waals surface area contributed by atoms with Crippen LogP contribution in [0.15, 0.2) is 53.4 Å². The molecular weight excluding hydrogens is 396 g/mol. The highest BCUT2D eigenvalue weighted by Crippen LogP contribution is 2.22. The van der Waals surface area contributed by atoms with E-state index in [0.717, 1.165) is 31.2 Å². The van der Waals surface area contributed by atoms with Gasteiger partial charge in [-0.25, -0.2) is 8.42 Å². The van der Waals surface area contributed by atoms with Crippen molar-refractivity contribution in [2.45, 2.75) is 37.1 Å². The van der Waals surface area contributed by atoms with Crippen LogP contribution in [0.2, 0.25) is 5.02 Å². The van der Waals surface area contributed by atoms with Gasteiger partial charge in [0.15, 0.2) is 0 Å². The Morgan fingerprint density at radius 3 is 2.39 bits per heavy atom. The van der Waals surface area contributed by atoms with E-state index < -0.39 is 10.0 Å². The van der Waals surface area contributed by atoms with Gasteiger partial charge in [-0.05, 0) is 48.7 Å². The molecule has 150 valence electrons. The van der Waals surface area contributed by atoms with Crippen LogP contribution in [0.25, 0.3) is 0 Å². The number of carbonyl (C=O) groups is 1. The maximum absolute atomic E-state index is 13.0. The standard InChI is InChI=1S/C21H25ClN2O3S/c1-23(16-17-8-6-10-19(22)14-17)21(25)18-9-7-11-20(15-18)28(26,27)24-12-4-2-3-5-13-24/h6-11,14-15H,2-5,12-13,16H2,1H3. The van der Waals surface area contributed by atoms with Gasteiger partial charge in [0.25, 0.3) is 5.91 Å². The van der Waals surface area contributed by atoms with Crippen molar-refractivity contribution in [2.75, 3.05) is 20.1 Å². The number of sulfonamides is 1. The SMILES string of the molecule is CN(Cc1cccc(Cl)c1)C(=O)c1cccc(S(=O)(=O)N2CCCCCC2)c1. The highest BCUT2D eigenvalue weighted by atomic mass is 35.5. The van der Waals surface area contributed by atoms with E-state index in [9.17, 15) is 13.2 Å². The highest BCUT2D eigenvalue weighted by Gasteiger charge is 2.26. The third kappa shape index (κ3) is 4.93. The maximum atomic E-state index is 13.0. The van der Waals surface area contributed by atoms with E-state index in [2.05, 4.69) is 0 Å². The lowest BCUT2D eigenvalue weighted by Crippen LogP contribution is -2.32. The monoisotopic (exact) mass is 420 g/mol. The molecule has 0 spiro atoms. The zero-order valence-electron chi connectivity index (χ0n) is 16.0. The van der Waals surface area contributed by atoms with Gasteiger partial charge >= 0.3 is 0 Å².